The van der Waals surface area contributed by atoms with Crippen LogP contribution in [0, 0.1) is 0 Å². The number of rotatable bonds is 6. The average molecular weight is 278 g/mol. The Morgan fingerprint density at radius 1 is 1.15 bits per heavy atom. The molecule has 0 spiro atoms. The molecule has 2 heterocycles. The molecule has 0 saturated carbocycles. The first-order valence-electron chi connectivity index (χ1n) is 6.71. The van der Waals surface area contributed by atoms with Crippen LogP contribution in [0.5, 0.6) is 0 Å². The molecular formula is C13H18N4O3. The summed E-state index contributed by atoms with van der Waals surface area (Å²) in [5, 5.41) is 0.191. The predicted molar refractivity (Wildman–Crippen MR) is 72.2 cm³/mol. The number of Topliss-reactive ketones (excluding diaryl/α,β-unsaturated/α-hetero) is 1. The van der Waals surface area contributed by atoms with Crippen molar-refractivity contribution in [2.24, 2.45) is 9.98 Å². The molecule has 0 fully saturated rings. The second-order valence-corrected chi connectivity index (χ2v) is 5.31. The fraction of sp³-hybridized carbons (Fsp3) is 0.615. The summed E-state index contributed by atoms with van der Waals surface area (Å²) < 4.78 is 0. The maximum atomic E-state index is 11.6. The van der Waals surface area contributed by atoms with E-state index in [9.17, 15) is 14.4 Å². The molecule has 7 nitrogen and oxygen atoms in total. The van der Waals surface area contributed by atoms with E-state index in [2.05, 4.69) is 20.0 Å². The number of hydrogen-bond acceptors (Lipinski definition) is 5. The average Bonchev–Trinajstić information content (AvgIpc) is 2.65. The van der Waals surface area contributed by atoms with Gasteiger partial charge in [-0.25, -0.2) is 14.8 Å². The number of H-pyrrole nitrogens is 2. The minimum atomic E-state index is -0.699. The fourth-order valence-electron chi connectivity index (χ4n) is 2.28. The van der Waals surface area contributed by atoms with Crippen LogP contribution in [0.15, 0.2) is 19.6 Å². The van der Waals surface area contributed by atoms with Gasteiger partial charge in [0.1, 0.15) is 5.78 Å². The third kappa shape index (κ3) is 3.28. The molecule has 108 valence electrons. The van der Waals surface area contributed by atoms with E-state index < -0.39 is 16.9 Å². The van der Waals surface area contributed by atoms with Gasteiger partial charge in [0.15, 0.2) is 16.5 Å². The largest absolute Gasteiger partial charge is 0.327 e. The molecule has 0 aromatic carbocycles. The van der Waals surface area contributed by atoms with Gasteiger partial charge in [0.05, 0.1) is 0 Å². The lowest BCUT2D eigenvalue weighted by atomic mass is 10.0. The number of unbranched alkanes of at least 4 members (excludes halogenated alkanes) is 2. The first kappa shape index (κ1) is 14.4. The van der Waals surface area contributed by atoms with E-state index in [0.29, 0.717) is 12.8 Å². The summed E-state index contributed by atoms with van der Waals surface area (Å²) in [6.07, 6.45) is 3.92. The van der Waals surface area contributed by atoms with Crippen molar-refractivity contribution >= 4 is 5.78 Å². The highest BCUT2D eigenvalue weighted by Crippen LogP contribution is 2.21. The van der Waals surface area contributed by atoms with Crippen molar-refractivity contribution in [2.45, 2.75) is 51.6 Å². The predicted octanol–water partition coefficient (Wildman–Crippen LogP) is -0.428. The van der Waals surface area contributed by atoms with Gasteiger partial charge in [0, 0.05) is 6.42 Å². The van der Waals surface area contributed by atoms with E-state index in [1.165, 1.54) is 0 Å². The van der Waals surface area contributed by atoms with Crippen molar-refractivity contribution < 1.29 is 4.79 Å². The first-order valence-corrected chi connectivity index (χ1v) is 6.71. The normalized spacial score (nSPS) is 20.1. The topological polar surface area (TPSA) is 108 Å². The monoisotopic (exact) mass is 278 g/mol. The van der Waals surface area contributed by atoms with Crippen LogP contribution < -0.4 is 22.1 Å². The van der Waals surface area contributed by atoms with Gasteiger partial charge >= 0.3 is 5.69 Å². The van der Waals surface area contributed by atoms with Crippen LogP contribution in [0.25, 0.3) is 0 Å². The molecule has 0 saturated heterocycles. The number of carbonyl (C=O) groups is 1. The number of aromatic nitrogens is 2. The number of fused-ring (bicyclic) bond motifs is 1. The third-order valence-corrected chi connectivity index (χ3v) is 3.28. The molecule has 1 aliphatic rings. The van der Waals surface area contributed by atoms with Gasteiger partial charge in [-0.1, -0.05) is 6.42 Å². The van der Waals surface area contributed by atoms with Crippen LogP contribution >= 0.6 is 0 Å². The van der Waals surface area contributed by atoms with Crippen LogP contribution in [0.3, 0.4) is 0 Å². The highest BCUT2D eigenvalue weighted by atomic mass is 16.2. The molecule has 20 heavy (non-hydrogen) atoms. The summed E-state index contributed by atoms with van der Waals surface area (Å²) in [5.41, 5.74) is -1.52. The van der Waals surface area contributed by atoms with Crippen molar-refractivity contribution in [3.05, 3.63) is 31.7 Å². The van der Waals surface area contributed by atoms with Crippen LogP contribution in [-0.4, -0.2) is 21.4 Å². The van der Waals surface area contributed by atoms with Crippen LogP contribution in [0.1, 0.15) is 46.0 Å². The Morgan fingerprint density at radius 2 is 1.90 bits per heavy atom. The third-order valence-electron chi connectivity index (χ3n) is 3.28. The first-order chi connectivity index (χ1) is 9.39. The number of nitrogens with one attached hydrogen (secondary N) is 2. The van der Waals surface area contributed by atoms with Gasteiger partial charge in [0.25, 0.3) is 5.56 Å². The molecule has 1 unspecified atom stereocenters. The van der Waals surface area contributed by atoms with Gasteiger partial charge in [-0.3, -0.25) is 14.8 Å². The second-order valence-electron chi connectivity index (χ2n) is 5.31. The van der Waals surface area contributed by atoms with E-state index in [1.807, 2.05) is 6.92 Å². The molecule has 0 radical (unpaired) electrons. The molecule has 1 aromatic rings. The number of ketones is 1. The van der Waals surface area contributed by atoms with Crippen molar-refractivity contribution in [3.63, 3.8) is 0 Å². The van der Waals surface area contributed by atoms with Crippen LogP contribution in [0.2, 0.25) is 0 Å². The lowest BCUT2D eigenvalue weighted by molar-refractivity contribution is -0.117. The molecular weight excluding hydrogens is 260 g/mol. The number of aromatic amines is 2. The molecule has 0 bridgehead atoms. The minimum absolute atomic E-state index is 0.191. The van der Waals surface area contributed by atoms with Crippen LogP contribution in [-0.2, 0) is 4.79 Å². The summed E-state index contributed by atoms with van der Waals surface area (Å²) in [7, 11) is 0. The van der Waals surface area contributed by atoms with Crippen molar-refractivity contribution in [1.82, 2.24) is 9.97 Å². The van der Waals surface area contributed by atoms with E-state index in [0.717, 1.165) is 19.3 Å². The minimum Gasteiger partial charge on any atom is -0.300 e. The summed E-state index contributed by atoms with van der Waals surface area (Å²) in [5.74, 6) is 0.197. The summed E-state index contributed by atoms with van der Waals surface area (Å²) >= 11 is 0. The van der Waals surface area contributed by atoms with Gasteiger partial charge in [0.2, 0.25) is 0 Å². The van der Waals surface area contributed by atoms with Gasteiger partial charge in [-0.05, 0) is 33.1 Å². The highest BCUT2D eigenvalue weighted by Gasteiger charge is 2.26. The number of hydrogen-bond donors (Lipinski definition) is 2. The highest BCUT2D eigenvalue weighted by molar-refractivity contribution is 5.75. The van der Waals surface area contributed by atoms with Gasteiger partial charge in [-0.2, -0.15) is 0 Å². The lowest BCUT2D eigenvalue weighted by Gasteiger charge is -2.16. The maximum absolute atomic E-state index is 11.6. The fourth-order valence-corrected chi connectivity index (χ4v) is 2.28. The summed E-state index contributed by atoms with van der Waals surface area (Å²) in [4.78, 5) is 46.9. The molecule has 2 rings (SSSR count). The lowest BCUT2D eigenvalue weighted by Crippen LogP contribution is -2.46. The Kier molecular flexibility index (Phi) is 3.96. The SMILES string of the molecule is CC(=O)CCCCCC1(C)N=c2[nH]c(=O)[nH]c(=O)c2=N1. The Labute approximate surface area is 114 Å². The maximum Gasteiger partial charge on any atom is 0.327 e. The van der Waals surface area contributed by atoms with E-state index >= 15 is 0 Å². The zero-order valence-corrected chi connectivity index (χ0v) is 11.7. The molecule has 1 atom stereocenters. The Morgan fingerprint density at radius 3 is 2.60 bits per heavy atom. The Bertz CT molecular complexity index is 746. The van der Waals surface area contributed by atoms with Crippen molar-refractivity contribution in [2.75, 3.05) is 0 Å². The quantitative estimate of drug-likeness (QED) is 0.689. The Balaban J connectivity index is 2.05. The molecule has 0 amide bonds. The zero-order valence-electron chi connectivity index (χ0n) is 11.7. The van der Waals surface area contributed by atoms with Crippen molar-refractivity contribution in [1.29, 1.82) is 0 Å². The van der Waals surface area contributed by atoms with E-state index in [4.69, 9.17) is 0 Å². The van der Waals surface area contributed by atoms with E-state index in [1.54, 1.807) is 6.92 Å². The molecule has 7 heteroatoms. The summed E-state index contributed by atoms with van der Waals surface area (Å²) in [6, 6.07) is 0. The van der Waals surface area contributed by atoms with Crippen LogP contribution in [0.4, 0.5) is 0 Å². The summed E-state index contributed by atoms with van der Waals surface area (Å²) in [6.45, 7) is 3.41. The second kappa shape index (κ2) is 5.52. The van der Waals surface area contributed by atoms with Gasteiger partial charge in [-0.15, -0.1) is 0 Å². The van der Waals surface area contributed by atoms with E-state index in [-0.39, 0.29) is 16.6 Å². The Hall–Kier alpha value is -2.05. The smallest absolute Gasteiger partial charge is 0.300 e. The zero-order chi connectivity index (χ0) is 14.8. The molecule has 2 N–H and O–H groups in total. The van der Waals surface area contributed by atoms with Gasteiger partial charge < -0.3 is 4.79 Å². The number of nitrogens with zero attached hydrogens (tertiary/aromatic N) is 2. The molecule has 0 aliphatic carbocycles. The standard InChI is InChI=1S/C13H18N4O3/c1-8(18)6-4-3-5-7-13(2)16-9-10(17-13)14-12(20)15-11(9)19/h3-7H2,1-2H3,(H2,14,15,17,19,20). The molecule has 1 aliphatic heterocycles. The number of carbonyl (C=O) groups excluding carboxylic acids is 1. The van der Waals surface area contributed by atoms with Crippen molar-refractivity contribution in [3.8, 4) is 0 Å². The molecule has 1 aromatic heterocycles.